The van der Waals surface area contributed by atoms with Crippen LogP contribution < -0.4 is 10.1 Å². The van der Waals surface area contributed by atoms with E-state index in [0.29, 0.717) is 5.13 Å². The van der Waals surface area contributed by atoms with E-state index < -0.39 is 0 Å². The molecule has 3 aromatic rings. The fraction of sp³-hybridized carbons (Fsp3) is 0.200. The molecule has 1 aromatic heterocycles. The van der Waals surface area contributed by atoms with Crippen molar-refractivity contribution in [3.8, 4) is 17.0 Å². The third-order valence-electron chi connectivity index (χ3n) is 4.01. The summed E-state index contributed by atoms with van der Waals surface area (Å²) in [4.78, 5) is 16.6. The van der Waals surface area contributed by atoms with Crippen LogP contribution in [0.25, 0.3) is 11.3 Å². The molecular formula is C20H20N2O2S. The minimum atomic E-state index is -0.217. The topological polar surface area (TPSA) is 51.2 Å². The number of benzene rings is 2. The number of carbonyl (C=O) groups excluding carboxylic acids is 1. The highest BCUT2D eigenvalue weighted by molar-refractivity contribution is 7.14. The Balaban J connectivity index is 1.60. The molecule has 1 heterocycles. The Kier molecular flexibility index (Phi) is 5.14. The summed E-state index contributed by atoms with van der Waals surface area (Å²) in [6.07, 6.45) is 0. The Labute approximate surface area is 151 Å². The van der Waals surface area contributed by atoms with E-state index in [1.807, 2.05) is 68.6 Å². The minimum Gasteiger partial charge on any atom is -0.483 e. The van der Waals surface area contributed by atoms with Crippen molar-refractivity contribution in [1.82, 2.24) is 4.98 Å². The summed E-state index contributed by atoms with van der Waals surface area (Å²) < 4.78 is 5.62. The number of hydrogen-bond donors (Lipinski definition) is 1. The zero-order chi connectivity index (χ0) is 17.8. The van der Waals surface area contributed by atoms with Crippen molar-refractivity contribution in [3.63, 3.8) is 0 Å². The third kappa shape index (κ3) is 4.25. The Bertz CT molecular complexity index is 885. The molecule has 1 N–H and O–H groups in total. The van der Waals surface area contributed by atoms with Gasteiger partial charge in [-0.05, 0) is 38.0 Å². The van der Waals surface area contributed by atoms with Gasteiger partial charge in [-0.25, -0.2) is 4.98 Å². The molecule has 0 saturated carbocycles. The number of carbonyl (C=O) groups is 1. The van der Waals surface area contributed by atoms with E-state index in [2.05, 4.69) is 10.3 Å². The number of amides is 1. The summed E-state index contributed by atoms with van der Waals surface area (Å²) in [5, 5.41) is 5.30. The van der Waals surface area contributed by atoms with Gasteiger partial charge in [-0.3, -0.25) is 10.1 Å². The van der Waals surface area contributed by atoms with Crippen LogP contribution in [0.5, 0.6) is 5.75 Å². The quantitative estimate of drug-likeness (QED) is 0.721. The Morgan fingerprint density at radius 1 is 1.12 bits per heavy atom. The summed E-state index contributed by atoms with van der Waals surface area (Å²) in [7, 11) is 0. The van der Waals surface area contributed by atoms with Crippen molar-refractivity contribution in [2.45, 2.75) is 20.8 Å². The molecule has 0 aliphatic rings. The van der Waals surface area contributed by atoms with Crippen molar-refractivity contribution < 1.29 is 9.53 Å². The molecule has 5 heteroatoms. The van der Waals surface area contributed by atoms with Gasteiger partial charge in [0, 0.05) is 10.9 Å². The number of aromatic nitrogens is 1. The second kappa shape index (κ2) is 7.49. The highest BCUT2D eigenvalue weighted by Gasteiger charge is 2.10. The van der Waals surface area contributed by atoms with E-state index in [1.165, 1.54) is 16.9 Å². The Morgan fingerprint density at radius 2 is 1.88 bits per heavy atom. The largest absolute Gasteiger partial charge is 0.483 e. The number of nitrogens with one attached hydrogen (secondary N) is 1. The van der Waals surface area contributed by atoms with Crippen molar-refractivity contribution in [1.29, 1.82) is 0 Å². The van der Waals surface area contributed by atoms with Crippen LogP contribution in [0, 0.1) is 20.8 Å². The van der Waals surface area contributed by atoms with Crippen molar-refractivity contribution in [2.75, 3.05) is 11.9 Å². The first-order valence-corrected chi connectivity index (χ1v) is 8.92. The smallest absolute Gasteiger partial charge is 0.264 e. The average molecular weight is 352 g/mol. The van der Waals surface area contributed by atoms with Gasteiger partial charge in [0.2, 0.25) is 0 Å². The molecule has 128 valence electrons. The molecule has 0 bridgehead atoms. The highest BCUT2D eigenvalue weighted by atomic mass is 32.1. The molecule has 25 heavy (non-hydrogen) atoms. The Hall–Kier alpha value is -2.66. The van der Waals surface area contributed by atoms with Gasteiger partial charge in [-0.2, -0.15) is 0 Å². The molecule has 3 rings (SSSR count). The first-order chi connectivity index (χ1) is 12.0. The van der Waals surface area contributed by atoms with Gasteiger partial charge in [0.15, 0.2) is 11.7 Å². The molecule has 0 aliphatic heterocycles. The van der Waals surface area contributed by atoms with E-state index in [9.17, 15) is 4.79 Å². The lowest BCUT2D eigenvalue weighted by atomic mass is 10.1. The molecule has 0 fully saturated rings. The normalized spacial score (nSPS) is 10.5. The molecule has 0 aliphatic carbocycles. The molecule has 0 atom stereocenters. The van der Waals surface area contributed by atoms with Crippen LogP contribution >= 0.6 is 11.3 Å². The van der Waals surface area contributed by atoms with E-state index in [1.54, 1.807) is 0 Å². The molecule has 0 radical (unpaired) electrons. The predicted octanol–water partition coefficient (Wildman–Crippen LogP) is 4.75. The predicted molar refractivity (Wildman–Crippen MR) is 102 cm³/mol. The summed E-state index contributed by atoms with van der Waals surface area (Å²) in [6.45, 7) is 6.01. The molecule has 0 saturated heterocycles. The molecule has 1 amide bonds. The lowest BCUT2D eigenvalue weighted by molar-refractivity contribution is -0.118. The van der Waals surface area contributed by atoms with Gasteiger partial charge in [0.25, 0.3) is 5.91 Å². The zero-order valence-corrected chi connectivity index (χ0v) is 15.3. The first kappa shape index (κ1) is 17.2. The lowest BCUT2D eigenvalue weighted by Crippen LogP contribution is -2.20. The molecule has 2 aromatic carbocycles. The van der Waals surface area contributed by atoms with Crippen molar-refractivity contribution >= 4 is 22.4 Å². The van der Waals surface area contributed by atoms with Gasteiger partial charge in [0.05, 0.1) is 5.69 Å². The van der Waals surface area contributed by atoms with Crippen LogP contribution in [0.3, 0.4) is 0 Å². The average Bonchev–Trinajstić information content (AvgIpc) is 3.05. The van der Waals surface area contributed by atoms with Crippen LogP contribution in [0.2, 0.25) is 0 Å². The fourth-order valence-electron chi connectivity index (χ4n) is 2.37. The molecule has 4 nitrogen and oxygen atoms in total. The van der Waals surface area contributed by atoms with Gasteiger partial charge in [-0.1, -0.05) is 42.0 Å². The molecule has 0 unspecified atom stereocenters. The van der Waals surface area contributed by atoms with E-state index in [-0.39, 0.29) is 12.5 Å². The van der Waals surface area contributed by atoms with Crippen LogP contribution in [-0.2, 0) is 4.79 Å². The lowest BCUT2D eigenvalue weighted by Gasteiger charge is -2.10. The van der Waals surface area contributed by atoms with E-state index >= 15 is 0 Å². The summed E-state index contributed by atoms with van der Waals surface area (Å²) >= 11 is 1.41. The number of ether oxygens (including phenoxy) is 1. The van der Waals surface area contributed by atoms with Gasteiger partial charge >= 0.3 is 0 Å². The highest BCUT2D eigenvalue weighted by Crippen LogP contribution is 2.25. The number of anilines is 1. The number of hydrogen-bond acceptors (Lipinski definition) is 4. The SMILES string of the molecule is Cc1ccc(-c2csc(NC(=O)COc3cccc(C)c3C)n2)cc1. The number of rotatable bonds is 5. The van der Waals surface area contributed by atoms with Crippen molar-refractivity contribution in [2.24, 2.45) is 0 Å². The fourth-order valence-corrected chi connectivity index (χ4v) is 3.10. The number of aryl methyl sites for hydroxylation is 2. The molecular weight excluding hydrogens is 332 g/mol. The maximum Gasteiger partial charge on any atom is 0.264 e. The first-order valence-electron chi connectivity index (χ1n) is 8.04. The summed E-state index contributed by atoms with van der Waals surface area (Å²) in [6, 6.07) is 14.0. The standard InChI is InChI=1S/C20H20N2O2S/c1-13-7-9-16(10-8-13)17-12-25-20(21-17)22-19(23)11-24-18-6-4-5-14(2)15(18)3/h4-10,12H,11H2,1-3H3,(H,21,22,23). The second-order valence-corrected chi connectivity index (χ2v) is 6.80. The maximum atomic E-state index is 12.1. The van der Waals surface area contributed by atoms with Crippen LogP contribution in [0.4, 0.5) is 5.13 Å². The molecule has 0 spiro atoms. The van der Waals surface area contributed by atoms with Crippen LogP contribution in [0.15, 0.2) is 47.8 Å². The van der Waals surface area contributed by atoms with Gasteiger partial charge in [0.1, 0.15) is 5.75 Å². The number of nitrogens with zero attached hydrogens (tertiary/aromatic N) is 1. The monoisotopic (exact) mass is 352 g/mol. The van der Waals surface area contributed by atoms with Gasteiger partial charge in [-0.15, -0.1) is 11.3 Å². The van der Waals surface area contributed by atoms with Crippen LogP contribution in [0.1, 0.15) is 16.7 Å². The Morgan fingerprint density at radius 3 is 2.64 bits per heavy atom. The van der Waals surface area contributed by atoms with E-state index in [0.717, 1.165) is 28.1 Å². The maximum absolute atomic E-state index is 12.1. The zero-order valence-electron chi connectivity index (χ0n) is 14.5. The number of thiazole rings is 1. The van der Waals surface area contributed by atoms with Crippen LogP contribution in [-0.4, -0.2) is 17.5 Å². The minimum absolute atomic E-state index is 0.0380. The third-order valence-corrected chi connectivity index (χ3v) is 4.77. The summed E-state index contributed by atoms with van der Waals surface area (Å²) in [5.74, 6) is 0.514. The van der Waals surface area contributed by atoms with Gasteiger partial charge < -0.3 is 4.74 Å². The second-order valence-electron chi connectivity index (χ2n) is 5.94. The van der Waals surface area contributed by atoms with Crippen molar-refractivity contribution in [3.05, 3.63) is 64.5 Å². The van der Waals surface area contributed by atoms with E-state index in [4.69, 9.17) is 4.74 Å². The summed E-state index contributed by atoms with van der Waals surface area (Å²) in [5.41, 5.74) is 5.28.